The number of carbonyl (C=O) groups excluding carboxylic acids is 5. The average molecular weight is 825 g/mol. The standard InChI is InChI=1S/C48H48N4O9/c53-41-29-36(48(60)61)26-32-18-23-37(24-19-32)49-46(58)42(54)43(55)47(59)50-38(25-20-30-10-4-1-5-11-30)44(56)52-40(45(57)51-39(41)27-31-12-6-2-7-13-31)28-33-16-21-35(22-17-33)34-14-8-3-9-15-34/h1-19,21-24,36,38-40,42-43,54-55H,20,25-29H2,(H,49,58)(H,50,59)(H,51,57)(H,52,56)(H,60,61)/t36-,38-,39-,40+,42-,43-/m1/s1. The Kier molecular flexibility index (Phi) is 14.9. The predicted octanol–water partition coefficient (Wildman–Crippen LogP) is 3.80. The van der Waals surface area contributed by atoms with Crippen LogP contribution in [0.4, 0.5) is 5.69 Å². The van der Waals surface area contributed by atoms with Crippen molar-refractivity contribution >= 4 is 41.1 Å². The van der Waals surface area contributed by atoms with Crippen molar-refractivity contribution < 1.29 is 44.1 Å². The van der Waals surface area contributed by atoms with E-state index in [-0.39, 0.29) is 37.8 Å². The summed E-state index contributed by atoms with van der Waals surface area (Å²) < 4.78 is 0. The molecule has 4 amide bonds. The molecule has 61 heavy (non-hydrogen) atoms. The summed E-state index contributed by atoms with van der Waals surface area (Å²) in [6.45, 7) is 0. The van der Waals surface area contributed by atoms with Gasteiger partial charge in [-0.1, -0.05) is 127 Å². The van der Waals surface area contributed by atoms with Crippen molar-refractivity contribution in [3.63, 3.8) is 0 Å². The predicted molar refractivity (Wildman–Crippen MR) is 228 cm³/mol. The Bertz CT molecular complexity index is 2290. The Hall–Kier alpha value is -6.96. The topological polar surface area (TPSA) is 211 Å². The Labute approximate surface area is 353 Å². The van der Waals surface area contributed by atoms with Gasteiger partial charge >= 0.3 is 5.97 Å². The molecule has 0 fully saturated rings. The van der Waals surface area contributed by atoms with E-state index >= 15 is 0 Å². The number of Topliss-reactive ketones (excluding diaryl/α,β-unsaturated/α-hetero) is 1. The van der Waals surface area contributed by atoms with Gasteiger partial charge in [0, 0.05) is 18.5 Å². The number of carboxylic acid groups (broad SMARTS) is 1. The number of carboxylic acids is 1. The zero-order valence-corrected chi connectivity index (χ0v) is 33.3. The third-order valence-electron chi connectivity index (χ3n) is 10.7. The first-order chi connectivity index (χ1) is 29.4. The van der Waals surface area contributed by atoms with Crippen LogP contribution < -0.4 is 21.3 Å². The second-order valence-electron chi connectivity index (χ2n) is 15.2. The lowest BCUT2D eigenvalue weighted by molar-refractivity contribution is -0.145. The van der Waals surface area contributed by atoms with E-state index < -0.39 is 78.1 Å². The van der Waals surface area contributed by atoms with Crippen molar-refractivity contribution in [3.8, 4) is 11.1 Å². The number of aliphatic carboxylic acids is 1. The number of aliphatic hydroxyl groups excluding tert-OH is 2. The minimum Gasteiger partial charge on any atom is -0.481 e. The third kappa shape index (κ3) is 12.3. The number of aliphatic hydroxyl groups is 2. The number of nitrogens with one attached hydrogen (secondary N) is 4. The molecule has 6 atom stereocenters. The van der Waals surface area contributed by atoms with Gasteiger partial charge in [0.2, 0.25) is 11.8 Å². The van der Waals surface area contributed by atoms with Crippen molar-refractivity contribution in [2.75, 3.05) is 5.32 Å². The number of hydrogen-bond donors (Lipinski definition) is 7. The highest BCUT2D eigenvalue weighted by molar-refractivity contribution is 6.00. The van der Waals surface area contributed by atoms with Crippen LogP contribution in [0.3, 0.4) is 0 Å². The first-order valence-electron chi connectivity index (χ1n) is 20.1. The van der Waals surface area contributed by atoms with E-state index in [0.717, 1.165) is 16.7 Å². The van der Waals surface area contributed by atoms with E-state index in [1.807, 2.05) is 84.9 Å². The number of aryl methyl sites for hydroxylation is 1. The fraction of sp³-hybridized carbons (Fsp3) is 0.250. The van der Waals surface area contributed by atoms with Crippen molar-refractivity contribution in [1.29, 1.82) is 0 Å². The summed E-state index contributed by atoms with van der Waals surface area (Å²) in [6.07, 6.45) is -4.76. The van der Waals surface area contributed by atoms with Crippen molar-refractivity contribution in [3.05, 3.63) is 162 Å². The molecule has 0 aromatic heterocycles. The molecule has 0 radical (unpaired) electrons. The highest BCUT2D eigenvalue weighted by Crippen LogP contribution is 2.22. The molecule has 2 aliphatic rings. The number of amides is 4. The van der Waals surface area contributed by atoms with Crippen LogP contribution in [0.25, 0.3) is 11.1 Å². The molecule has 2 bridgehead atoms. The van der Waals surface area contributed by atoms with Gasteiger partial charge in [0.1, 0.15) is 12.1 Å². The zero-order chi connectivity index (χ0) is 43.3. The van der Waals surface area contributed by atoms with Crippen molar-refractivity contribution in [1.82, 2.24) is 16.0 Å². The summed E-state index contributed by atoms with van der Waals surface area (Å²) in [4.78, 5) is 81.9. The second-order valence-corrected chi connectivity index (χ2v) is 15.2. The van der Waals surface area contributed by atoms with Gasteiger partial charge in [-0.15, -0.1) is 0 Å². The van der Waals surface area contributed by atoms with Gasteiger partial charge in [0.15, 0.2) is 18.0 Å². The number of rotatable bonds is 9. The summed E-state index contributed by atoms with van der Waals surface area (Å²) in [5.41, 5.74) is 4.78. The highest BCUT2D eigenvalue weighted by atomic mass is 16.4. The molecule has 5 aromatic carbocycles. The number of carbonyl (C=O) groups is 6. The Morgan fingerprint density at radius 3 is 1.62 bits per heavy atom. The van der Waals surface area contributed by atoms with Crippen molar-refractivity contribution in [2.24, 2.45) is 5.92 Å². The monoisotopic (exact) mass is 824 g/mol. The van der Waals surface area contributed by atoms with Crippen LogP contribution in [0, 0.1) is 5.92 Å². The SMILES string of the molecule is O=C(O)[C@H]1CC(=O)[C@@H](Cc2ccccc2)NC(=O)[C@H](Cc2ccc(-c3ccccc3)cc2)NC(=O)[C@@H](CCc2ccccc2)NC(=O)[C@H](O)[C@@H](O)C(=O)Nc2ccc(cc2)C1. The average Bonchev–Trinajstić information content (AvgIpc) is 3.27. The summed E-state index contributed by atoms with van der Waals surface area (Å²) in [5.74, 6) is -6.80. The van der Waals surface area contributed by atoms with Crippen LogP contribution in [0.5, 0.6) is 0 Å². The molecule has 314 valence electrons. The van der Waals surface area contributed by atoms with E-state index in [1.54, 1.807) is 42.5 Å². The van der Waals surface area contributed by atoms with Gasteiger partial charge in [-0.05, 0) is 71.2 Å². The lowest BCUT2D eigenvalue weighted by Gasteiger charge is -2.27. The molecule has 0 spiro atoms. The first-order valence-corrected chi connectivity index (χ1v) is 20.1. The van der Waals surface area contributed by atoms with Crippen molar-refractivity contribution in [2.45, 2.75) is 68.9 Å². The number of hydrogen-bond acceptors (Lipinski definition) is 8. The van der Waals surface area contributed by atoms with E-state index in [9.17, 15) is 44.1 Å². The maximum Gasteiger partial charge on any atom is 0.307 e. The summed E-state index contributed by atoms with van der Waals surface area (Å²) in [7, 11) is 0. The van der Waals surface area contributed by atoms with Gasteiger partial charge in [0.05, 0.1) is 12.0 Å². The van der Waals surface area contributed by atoms with E-state index in [0.29, 0.717) is 16.7 Å². The number of anilines is 1. The van der Waals surface area contributed by atoms with Crippen LogP contribution in [0.15, 0.2) is 140 Å². The fourth-order valence-electron chi connectivity index (χ4n) is 7.17. The summed E-state index contributed by atoms with van der Waals surface area (Å²) in [6, 6.07) is 37.2. The van der Waals surface area contributed by atoms with Crippen LogP contribution >= 0.6 is 0 Å². The number of ketones is 1. The zero-order valence-electron chi connectivity index (χ0n) is 33.3. The molecule has 2 aliphatic heterocycles. The van der Waals surface area contributed by atoms with E-state index in [1.165, 1.54) is 12.1 Å². The molecule has 13 heteroatoms. The third-order valence-corrected chi connectivity index (χ3v) is 10.7. The van der Waals surface area contributed by atoms with Crippen LogP contribution in [-0.4, -0.2) is 81.0 Å². The molecule has 0 saturated carbocycles. The lowest BCUT2D eigenvalue weighted by Crippen LogP contribution is -2.58. The normalized spacial score (nSPS) is 21.9. The van der Waals surface area contributed by atoms with Gasteiger partial charge in [-0.25, -0.2) is 0 Å². The molecule has 5 aromatic rings. The second kappa shape index (κ2) is 20.8. The minimum absolute atomic E-state index is 0.00520. The minimum atomic E-state index is -2.29. The van der Waals surface area contributed by atoms with Gasteiger partial charge in [-0.2, -0.15) is 0 Å². The molecule has 2 heterocycles. The van der Waals surface area contributed by atoms with Crippen LogP contribution in [0.1, 0.15) is 35.1 Å². The Balaban J connectivity index is 1.37. The highest BCUT2D eigenvalue weighted by Gasteiger charge is 2.35. The van der Waals surface area contributed by atoms with Gasteiger partial charge < -0.3 is 36.6 Å². The maximum absolute atomic E-state index is 14.5. The number of benzene rings is 5. The number of fused-ring (bicyclic) bond motifs is 18. The first kappa shape index (κ1) is 43.6. The fourth-order valence-corrected chi connectivity index (χ4v) is 7.17. The summed E-state index contributed by atoms with van der Waals surface area (Å²) in [5, 5.41) is 42.3. The molecule has 13 nitrogen and oxygen atoms in total. The smallest absolute Gasteiger partial charge is 0.307 e. The molecular weight excluding hydrogens is 777 g/mol. The van der Waals surface area contributed by atoms with E-state index in [4.69, 9.17) is 0 Å². The van der Waals surface area contributed by atoms with Gasteiger partial charge in [-0.3, -0.25) is 28.8 Å². The Morgan fingerprint density at radius 1 is 0.508 bits per heavy atom. The molecule has 7 rings (SSSR count). The lowest BCUT2D eigenvalue weighted by atomic mass is 9.90. The molecule has 0 aliphatic carbocycles. The maximum atomic E-state index is 14.5. The Morgan fingerprint density at radius 2 is 1.00 bits per heavy atom. The molecule has 0 saturated heterocycles. The van der Waals surface area contributed by atoms with Crippen LogP contribution in [-0.2, 0) is 54.5 Å². The van der Waals surface area contributed by atoms with E-state index in [2.05, 4.69) is 21.3 Å². The summed E-state index contributed by atoms with van der Waals surface area (Å²) >= 11 is 0. The molecule has 7 N–H and O–H groups in total. The largest absolute Gasteiger partial charge is 0.481 e. The van der Waals surface area contributed by atoms with Gasteiger partial charge in [0.25, 0.3) is 11.8 Å². The van der Waals surface area contributed by atoms with Crippen LogP contribution in [0.2, 0.25) is 0 Å². The molecule has 0 unspecified atom stereocenters. The molecular formula is C48H48N4O9. The quantitative estimate of drug-likeness (QED) is 0.108.